The maximum atomic E-state index is 6.06. The molecule has 0 fully saturated rings. The summed E-state index contributed by atoms with van der Waals surface area (Å²) in [7, 11) is 1.90. The highest BCUT2D eigenvalue weighted by atomic mass is 35.5. The third-order valence-corrected chi connectivity index (χ3v) is 4.22. The fourth-order valence-electron chi connectivity index (χ4n) is 1.94. The molecule has 2 nitrogen and oxygen atoms in total. The van der Waals surface area contributed by atoms with Crippen LogP contribution in [-0.2, 0) is 6.61 Å². The van der Waals surface area contributed by atoms with Gasteiger partial charge in [-0.1, -0.05) is 40.9 Å². The molecule has 0 aliphatic carbocycles. The van der Waals surface area contributed by atoms with Crippen LogP contribution in [0.4, 0.5) is 0 Å². The minimum atomic E-state index is 0.146. The van der Waals surface area contributed by atoms with Gasteiger partial charge in [-0.15, -0.1) is 0 Å². The average Bonchev–Trinajstić information content (AvgIpc) is 2.48. The molecule has 1 atom stereocenters. The summed E-state index contributed by atoms with van der Waals surface area (Å²) in [5.74, 6) is 0.798. The van der Waals surface area contributed by atoms with Crippen molar-refractivity contribution in [3.05, 3.63) is 62.6 Å². The summed E-state index contributed by atoms with van der Waals surface area (Å²) < 4.78 is 5.90. The third-order valence-electron chi connectivity index (χ3n) is 3.25. The average molecular weight is 345 g/mol. The summed E-state index contributed by atoms with van der Waals surface area (Å²) in [5, 5.41) is 4.94. The summed E-state index contributed by atoms with van der Waals surface area (Å²) in [5.41, 5.74) is 1.98. The zero-order chi connectivity index (χ0) is 15.4. The number of hydrogen-bond acceptors (Lipinski definition) is 2. The van der Waals surface area contributed by atoms with Gasteiger partial charge in [0.1, 0.15) is 12.4 Å². The molecule has 0 aliphatic rings. The van der Waals surface area contributed by atoms with E-state index in [1.165, 1.54) is 0 Å². The number of halogens is 3. The number of rotatable bonds is 5. The molecule has 2 aromatic rings. The van der Waals surface area contributed by atoms with E-state index in [9.17, 15) is 0 Å². The normalized spacial score (nSPS) is 12.2. The second-order valence-electron chi connectivity index (χ2n) is 4.73. The SMILES string of the molecule is CNC(C)c1cc(Cl)ccc1OCc1ccc(Cl)c(Cl)c1. The summed E-state index contributed by atoms with van der Waals surface area (Å²) in [4.78, 5) is 0. The standard InChI is InChI=1S/C16H16Cl3NO/c1-10(20-2)13-8-12(17)4-6-16(13)21-9-11-3-5-14(18)15(19)7-11/h3-8,10,20H,9H2,1-2H3. The largest absolute Gasteiger partial charge is 0.489 e. The molecule has 0 aromatic heterocycles. The first-order chi connectivity index (χ1) is 10.0. The van der Waals surface area contributed by atoms with Crippen LogP contribution in [0.3, 0.4) is 0 Å². The van der Waals surface area contributed by atoms with Gasteiger partial charge in [-0.2, -0.15) is 0 Å². The Morgan fingerprint density at radius 1 is 1.05 bits per heavy atom. The molecular formula is C16H16Cl3NO. The molecule has 21 heavy (non-hydrogen) atoms. The molecule has 0 saturated carbocycles. The Morgan fingerprint density at radius 3 is 2.48 bits per heavy atom. The van der Waals surface area contributed by atoms with Crippen LogP contribution >= 0.6 is 34.8 Å². The highest BCUT2D eigenvalue weighted by molar-refractivity contribution is 6.42. The first kappa shape index (κ1) is 16.4. The lowest BCUT2D eigenvalue weighted by Crippen LogP contribution is -2.13. The molecule has 2 aromatic carbocycles. The van der Waals surface area contributed by atoms with Crippen molar-refractivity contribution in [3.8, 4) is 5.75 Å². The van der Waals surface area contributed by atoms with Gasteiger partial charge in [0.25, 0.3) is 0 Å². The van der Waals surface area contributed by atoms with Crippen LogP contribution in [0.5, 0.6) is 5.75 Å². The number of hydrogen-bond donors (Lipinski definition) is 1. The van der Waals surface area contributed by atoms with E-state index in [0.29, 0.717) is 21.7 Å². The lowest BCUT2D eigenvalue weighted by atomic mass is 10.1. The zero-order valence-electron chi connectivity index (χ0n) is 11.8. The van der Waals surface area contributed by atoms with Crippen molar-refractivity contribution in [2.24, 2.45) is 0 Å². The van der Waals surface area contributed by atoms with Crippen LogP contribution < -0.4 is 10.1 Å². The van der Waals surface area contributed by atoms with Crippen LogP contribution in [0.1, 0.15) is 24.1 Å². The zero-order valence-corrected chi connectivity index (χ0v) is 14.1. The van der Waals surface area contributed by atoms with Crippen LogP contribution in [0.2, 0.25) is 15.1 Å². The summed E-state index contributed by atoms with van der Waals surface area (Å²) >= 11 is 18.0. The van der Waals surface area contributed by atoms with E-state index in [4.69, 9.17) is 39.5 Å². The monoisotopic (exact) mass is 343 g/mol. The quantitative estimate of drug-likeness (QED) is 0.772. The predicted molar refractivity (Wildman–Crippen MR) is 89.7 cm³/mol. The molecule has 112 valence electrons. The van der Waals surface area contributed by atoms with Crippen LogP contribution in [0, 0.1) is 0 Å². The Labute approximate surface area is 140 Å². The second-order valence-corrected chi connectivity index (χ2v) is 5.98. The lowest BCUT2D eigenvalue weighted by Gasteiger charge is -2.17. The summed E-state index contributed by atoms with van der Waals surface area (Å²) in [6.07, 6.45) is 0. The van der Waals surface area contributed by atoms with Crippen molar-refractivity contribution in [1.29, 1.82) is 0 Å². The number of benzene rings is 2. The number of ether oxygens (including phenoxy) is 1. The van der Waals surface area contributed by atoms with Gasteiger partial charge in [-0.3, -0.25) is 0 Å². The van der Waals surface area contributed by atoms with Crippen molar-refractivity contribution in [1.82, 2.24) is 5.32 Å². The van der Waals surface area contributed by atoms with Crippen LogP contribution in [0.15, 0.2) is 36.4 Å². The first-order valence-electron chi connectivity index (χ1n) is 6.54. The molecule has 1 unspecified atom stereocenters. The summed E-state index contributed by atoms with van der Waals surface area (Å²) in [6.45, 7) is 2.47. The van der Waals surface area contributed by atoms with Gasteiger partial charge in [0, 0.05) is 16.6 Å². The molecule has 0 spiro atoms. The Balaban J connectivity index is 2.17. The van der Waals surface area contributed by atoms with E-state index < -0.39 is 0 Å². The van der Waals surface area contributed by atoms with Crippen molar-refractivity contribution in [2.45, 2.75) is 19.6 Å². The van der Waals surface area contributed by atoms with Crippen molar-refractivity contribution < 1.29 is 4.74 Å². The Kier molecular flexibility index (Phi) is 5.77. The lowest BCUT2D eigenvalue weighted by molar-refractivity contribution is 0.300. The van der Waals surface area contributed by atoms with E-state index in [1.54, 1.807) is 12.1 Å². The Morgan fingerprint density at radius 2 is 1.81 bits per heavy atom. The molecule has 1 N–H and O–H groups in total. The van der Waals surface area contributed by atoms with Gasteiger partial charge >= 0.3 is 0 Å². The van der Waals surface area contributed by atoms with Crippen molar-refractivity contribution >= 4 is 34.8 Å². The molecule has 0 aliphatic heterocycles. The van der Waals surface area contributed by atoms with Gasteiger partial charge in [0.05, 0.1) is 10.0 Å². The molecule has 0 saturated heterocycles. The maximum Gasteiger partial charge on any atom is 0.124 e. The molecule has 0 radical (unpaired) electrons. The predicted octanol–water partition coefficient (Wildman–Crippen LogP) is 5.51. The van der Waals surface area contributed by atoms with Gasteiger partial charge < -0.3 is 10.1 Å². The smallest absolute Gasteiger partial charge is 0.124 e. The van der Waals surface area contributed by atoms with Crippen LogP contribution in [0.25, 0.3) is 0 Å². The van der Waals surface area contributed by atoms with E-state index in [0.717, 1.165) is 16.9 Å². The molecular weight excluding hydrogens is 329 g/mol. The van der Waals surface area contributed by atoms with Crippen LogP contribution in [-0.4, -0.2) is 7.05 Å². The highest BCUT2D eigenvalue weighted by Crippen LogP contribution is 2.29. The first-order valence-corrected chi connectivity index (χ1v) is 7.68. The fourth-order valence-corrected chi connectivity index (χ4v) is 2.44. The Hall–Kier alpha value is -0.930. The molecule has 0 heterocycles. The fraction of sp³-hybridized carbons (Fsp3) is 0.250. The van der Waals surface area contributed by atoms with E-state index in [-0.39, 0.29) is 6.04 Å². The highest BCUT2D eigenvalue weighted by Gasteiger charge is 2.11. The van der Waals surface area contributed by atoms with Gasteiger partial charge in [-0.05, 0) is 49.9 Å². The van der Waals surface area contributed by atoms with Crippen molar-refractivity contribution in [2.75, 3.05) is 7.05 Å². The minimum absolute atomic E-state index is 0.146. The number of nitrogens with one attached hydrogen (secondary N) is 1. The molecule has 0 amide bonds. The molecule has 5 heteroatoms. The molecule has 2 rings (SSSR count). The van der Waals surface area contributed by atoms with E-state index >= 15 is 0 Å². The molecule has 0 bridgehead atoms. The minimum Gasteiger partial charge on any atom is -0.489 e. The van der Waals surface area contributed by atoms with Crippen molar-refractivity contribution in [3.63, 3.8) is 0 Å². The van der Waals surface area contributed by atoms with Gasteiger partial charge in [0.15, 0.2) is 0 Å². The van der Waals surface area contributed by atoms with E-state index in [2.05, 4.69) is 12.2 Å². The van der Waals surface area contributed by atoms with Gasteiger partial charge in [0.2, 0.25) is 0 Å². The van der Waals surface area contributed by atoms with E-state index in [1.807, 2.05) is 31.3 Å². The third kappa shape index (κ3) is 4.27. The second kappa shape index (κ2) is 7.37. The summed E-state index contributed by atoms with van der Waals surface area (Å²) in [6, 6.07) is 11.2. The maximum absolute atomic E-state index is 6.06. The topological polar surface area (TPSA) is 21.3 Å². The Bertz CT molecular complexity index is 631. The van der Waals surface area contributed by atoms with Gasteiger partial charge in [-0.25, -0.2) is 0 Å².